The zero-order valence-electron chi connectivity index (χ0n) is 16.5. The number of carbonyl (C=O) groups excluding carboxylic acids is 1. The second-order valence-electron chi connectivity index (χ2n) is 6.80. The molecule has 1 amide bonds. The standard InChI is InChI=1S/C20H25ClN6O/c1-14(21)16(19-24-17-7-5-8-23-20(17)25(19)4)13-18(22-3)27-10-6-9-26(11-12-27)15(2)28/h5,7-8,13H,3,6,9-12H2,1-2,4H3. The molecule has 0 radical (unpaired) electrons. The number of aliphatic imine (C=N–C) groups is 1. The van der Waals surface area contributed by atoms with Gasteiger partial charge in [-0.2, -0.15) is 0 Å². The number of allylic oxidation sites excluding steroid dienone is 3. The van der Waals surface area contributed by atoms with Crippen LogP contribution in [0.2, 0.25) is 0 Å². The Labute approximate surface area is 170 Å². The van der Waals surface area contributed by atoms with Gasteiger partial charge < -0.3 is 14.4 Å². The molecule has 1 aliphatic rings. The first-order valence-corrected chi connectivity index (χ1v) is 9.63. The summed E-state index contributed by atoms with van der Waals surface area (Å²) in [6.07, 6.45) is 4.54. The van der Waals surface area contributed by atoms with Crippen molar-refractivity contribution >= 4 is 41.0 Å². The minimum absolute atomic E-state index is 0.100. The Hall–Kier alpha value is -2.67. The van der Waals surface area contributed by atoms with Crippen molar-refractivity contribution in [1.82, 2.24) is 24.3 Å². The second-order valence-corrected chi connectivity index (χ2v) is 7.36. The molecule has 0 aromatic carbocycles. The van der Waals surface area contributed by atoms with Crippen LogP contribution in [0.1, 0.15) is 26.1 Å². The van der Waals surface area contributed by atoms with Crippen LogP contribution in [0.4, 0.5) is 0 Å². The fourth-order valence-electron chi connectivity index (χ4n) is 3.41. The molecule has 3 rings (SSSR count). The van der Waals surface area contributed by atoms with Crippen molar-refractivity contribution in [3.05, 3.63) is 41.1 Å². The SMILES string of the molecule is C=NC(=CC(=C(C)Cl)c1nc2cccnc2n1C)N1CCCN(C(C)=O)CC1. The number of halogens is 1. The highest BCUT2D eigenvalue weighted by Crippen LogP contribution is 2.27. The predicted octanol–water partition coefficient (Wildman–Crippen LogP) is 3.03. The molecule has 28 heavy (non-hydrogen) atoms. The predicted molar refractivity (Wildman–Crippen MR) is 113 cm³/mol. The van der Waals surface area contributed by atoms with Gasteiger partial charge in [-0.25, -0.2) is 15.0 Å². The summed E-state index contributed by atoms with van der Waals surface area (Å²) < 4.78 is 1.92. The van der Waals surface area contributed by atoms with Crippen LogP contribution in [0.15, 0.2) is 40.3 Å². The van der Waals surface area contributed by atoms with Crippen molar-refractivity contribution in [2.24, 2.45) is 12.0 Å². The molecular weight excluding hydrogens is 376 g/mol. The molecule has 0 spiro atoms. The van der Waals surface area contributed by atoms with Crippen molar-refractivity contribution in [1.29, 1.82) is 0 Å². The van der Waals surface area contributed by atoms with Gasteiger partial charge in [-0.1, -0.05) is 11.6 Å². The number of aryl methyl sites for hydroxylation is 1. The molecule has 8 heteroatoms. The van der Waals surface area contributed by atoms with E-state index in [1.54, 1.807) is 13.1 Å². The lowest BCUT2D eigenvalue weighted by Crippen LogP contribution is -2.33. The molecule has 2 aromatic rings. The van der Waals surface area contributed by atoms with Crippen LogP contribution in [0, 0.1) is 0 Å². The van der Waals surface area contributed by atoms with E-state index in [4.69, 9.17) is 16.6 Å². The Morgan fingerprint density at radius 1 is 1.25 bits per heavy atom. The van der Waals surface area contributed by atoms with E-state index in [9.17, 15) is 4.79 Å². The van der Waals surface area contributed by atoms with Crippen LogP contribution < -0.4 is 0 Å². The van der Waals surface area contributed by atoms with Crippen LogP contribution in [0.3, 0.4) is 0 Å². The number of fused-ring (bicyclic) bond motifs is 1. The number of carbonyl (C=O) groups is 1. The highest BCUT2D eigenvalue weighted by molar-refractivity contribution is 6.32. The molecule has 1 saturated heterocycles. The summed E-state index contributed by atoms with van der Waals surface area (Å²) in [4.78, 5) is 29.0. The zero-order valence-corrected chi connectivity index (χ0v) is 17.3. The molecule has 7 nitrogen and oxygen atoms in total. The summed E-state index contributed by atoms with van der Waals surface area (Å²) in [5, 5.41) is 0.611. The summed E-state index contributed by atoms with van der Waals surface area (Å²) in [5.74, 6) is 1.55. The molecule has 0 aliphatic carbocycles. The number of imidazole rings is 1. The fourth-order valence-corrected chi connectivity index (χ4v) is 3.55. The van der Waals surface area contributed by atoms with E-state index in [1.807, 2.05) is 41.6 Å². The van der Waals surface area contributed by atoms with Crippen molar-refractivity contribution in [2.75, 3.05) is 26.2 Å². The Morgan fingerprint density at radius 3 is 2.61 bits per heavy atom. The maximum atomic E-state index is 11.7. The molecule has 2 aromatic heterocycles. The van der Waals surface area contributed by atoms with E-state index in [2.05, 4.69) is 21.6 Å². The molecule has 1 aliphatic heterocycles. The van der Waals surface area contributed by atoms with Crippen LogP contribution >= 0.6 is 11.6 Å². The number of pyridine rings is 1. The topological polar surface area (TPSA) is 66.6 Å². The van der Waals surface area contributed by atoms with Gasteiger partial charge in [0.1, 0.15) is 17.2 Å². The monoisotopic (exact) mass is 400 g/mol. The molecule has 0 bridgehead atoms. The number of amides is 1. The van der Waals surface area contributed by atoms with E-state index in [1.165, 1.54) is 0 Å². The lowest BCUT2D eigenvalue weighted by Gasteiger charge is -2.23. The van der Waals surface area contributed by atoms with Crippen LogP contribution in [0.25, 0.3) is 16.7 Å². The van der Waals surface area contributed by atoms with Gasteiger partial charge in [-0.05, 0) is 38.3 Å². The molecule has 3 heterocycles. The summed E-state index contributed by atoms with van der Waals surface area (Å²) in [5.41, 5.74) is 2.38. The van der Waals surface area contributed by atoms with Crippen molar-refractivity contribution in [2.45, 2.75) is 20.3 Å². The molecule has 0 saturated carbocycles. The lowest BCUT2D eigenvalue weighted by molar-refractivity contribution is -0.128. The van der Waals surface area contributed by atoms with Gasteiger partial charge in [0.05, 0.1) is 0 Å². The minimum Gasteiger partial charge on any atom is -0.355 e. The highest BCUT2D eigenvalue weighted by Gasteiger charge is 2.20. The number of aromatic nitrogens is 3. The van der Waals surface area contributed by atoms with Crippen molar-refractivity contribution < 1.29 is 4.79 Å². The van der Waals surface area contributed by atoms with E-state index in [0.29, 0.717) is 18.1 Å². The maximum Gasteiger partial charge on any atom is 0.219 e. The van der Waals surface area contributed by atoms with Crippen molar-refractivity contribution in [3.8, 4) is 0 Å². The highest BCUT2D eigenvalue weighted by atomic mass is 35.5. The number of nitrogens with zero attached hydrogens (tertiary/aromatic N) is 6. The normalized spacial score (nSPS) is 16.8. The molecular formula is C20H25ClN6O. The first kappa shape index (κ1) is 20.1. The third-order valence-electron chi connectivity index (χ3n) is 4.94. The van der Waals surface area contributed by atoms with E-state index >= 15 is 0 Å². The van der Waals surface area contributed by atoms with Gasteiger partial charge in [0.2, 0.25) is 5.91 Å². The van der Waals surface area contributed by atoms with Gasteiger partial charge in [-0.15, -0.1) is 0 Å². The molecule has 0 unspecified atom stereocenters. The lowest BCUT2D eigenvalue weighted by atomic mass is 10.2. The Bertz CT molecular complexity index is 957. The Morgan fingerprint density at radius 2 is 1.96 bits per heavy atom. The van der Waals surface area contributed by atoms with Crippen molar-refractivity contribution in [3.63, 3.8) is 0 Å². The molecule has 148 valence electrons. The van der Waals surface area contributed by atoms with E-state index in [-0.39, 0.29) is 5.91 Å². The van der Waals surface area contributed by atoms with Gasteiger partial charge in [-0.3, -0.25) is 4.79 Å². The second kappa shape index (κ2) is 8.56. The average Bonchev–Trinajstić information content (AvgIpc) is 2.84. The third-order valence-corrected chi connectivity index (χ3v) is 5.14. The first-order valence-electron chi connectivity index (χ1n) is 9.25. The van der Waals surface area contributed by atoms with Gasteiger partial charge in [0.25, 0.3) is 0 Å². The fraction of sp³-hybridized carbons (Fsp3) is 0.400. The van der Waals surface area contributed by atoms with Gasteiger partial charge >= 0.3 is 0 Å². The average molecular weight is 401 g/mol. The number of rotatable bonds is 4. The Balaban J connectivity index is 1.96. The van der Waals surface area contributed by atoms with Gasteiger partial charge in [0, 0.05) is 57.0 Å². The van der Waals surface area contributed by atoms with Crippen LogP contribution in [0.5, 0.6) is 0 Å². The number of hydrogen-bond donors (Lipinski definition) is 0. The summed E-state index contributed by atoms with van der Waals surface area (Å²) in [7, 11) is 1.92. The van der Waals surface area contributed by atoms with Crippen LogP contribution in [-0.2, 0) is 11.8 Å². The minimum atomic E-state index is 0.100. The van der Waals surface area contributed by atoms with Crippen LogP contribution in [-0.4, -0.2) is 63.1 Å². The first-order chi connectivity index (χ1) is 13.4. The molecule has 0 atom stereocenters. The van der Waals surface area contributed by atoms with Gasteiger partial charge in [0.15, 0.2) is 5.65 Å². The van der Waals surface area contributed by atoms with E-state index in [0.717, 1.165) is 47.9 Å². The smallest absolute Gasteiger partial charge is 0.219 e. The molecule has 0 N–H and O–H groups in total. The third kappa shape index (κ3) is 4.09. The quantitative estimate of drug-likeness (QED) is 0.584. The molecule has 1 fully saturated rings. The summed E-state index contributed by atoms with van der Waals surface area (Å²) >= 11 is 6.44. The zero-order chi connectivity index (χ0) is 20.3. The Kier molecular flexibility index (Phi) is 6.14. The summed E-state index contributed by atoms with van der Waals surface area (Å²) in [6.45, 7) is 10.1. The number of hydrogen-bond acceptors (Lipinski definition) is 5. The maximum absolute atomic E-state index is 11.7. The summed E-state index contributed by atoms with van der Waals surface area (Å²) in [6, 6.07) is 3.79. The largest absolute Gasteiger partial charge is 0.355 e. The van der Waals surface area contributed by atoms with E-state index < -0.39 is 0 Å².